The number of fused-ring (bicyclic) bond motifs is 1. The molecule has 2 amide bonds. The van der Waals surface area contributed by atoms with Gasteiger partial charge in [-0.1, -0.05) is 57.5 Å². The highest BCUT2D eigenvalue weighted by atomic mass is 16.2. The van der Waals surface area contributed by atoms with Crippen LogP contribution in [-0.2, 0) is 0 Å². The molecule has 1 aliphatic heterocycles. The number of carbonyl (C=O) groups is 1. The molecule has 28 heavy (non-hydrogen) atoms. The Morgan fingerprint density at radius 3 is 2.64 bits per heavy atom. The zero-order valence-electron chi connectivity index (χ0n) is 17.7. The Hall–Kier alpha value is -1.84. The minimum Gasteiger partial charge on any atom is -0.330 e. The van der Waals surface area contributed by atoms with Crippen LogP contribution in [0, 0.1) is 16.7 Å². The number of hydrazone groups is 1. The van der Waals surface area contributed by atoms with Crippen LogP contribution in [0.5, 0.6) is 0 Å². The summed E-state index contributed by atoms with van der Waals surface area (Å²) >= 11 is 0. The summed E-state index contributed by atoms with van der Waals surface area (Å²) in [5, 5.41) is 10.1. The Kier molecular flexibility index (Phi) is 3.80. The van der Waals surface area contributed by atoms with Gasteiger partial charge in [-0.2, -0.15) is 5.10 Å². The first-order chi connectivity index (χ1) is 13.4. The van der Waals surface area contributed by atoms with Gasteiger partial charge in [-0.25, -0.2) is 9.80 Å². The lowest BCUT2D eigenvalue weighted by atomic mass is 9.68. The molecule has 3 fully saturated rings. The summed E-state index contributed by atoms with van der Waals surface area (Å²) in [6, 6.07) is 10.6. The van der Waals surface area contributed by atoms with Crippen LogP contribution in [0.3, 0.4) is 0 Å². The number of benzene rings is 1. The Balaban J connectivity index is 1.38. The quantitative estimate of drug-likeness (QED) is 0.740. The highest BCUT2D eigenvalue weighted by molar-refractivity contribution is 5.95. The first-order valence-corrected chi connectivity index (χ1v) is 11.1. The van der Waals surface area contributed by atoms with Crippen LogP contribution in [-0.4, -0.2) is 28.3 Å². The fourth-order valence-electron chi connectivity index (χ4n) is 7.31. The number of nitrogens with zero attached hydrogens (tertiary/aromatic N) is 2. The predicted molar refractivity (Wildman–Crippen MR) is 112 cm³/mol. The van der Waals surface area contributed by atoms with Crippen molar-refractivity contribution in [3.05, 3.63) is 35.9 Å². The monoisotopic (exact) mass is 379 g/mol. The number of hydrogen-bond donors (Lipinski definition) is 1. The largest absolute Gasteiger partial charge is 0.338 e. The smallest absolute Gasteiger partial charge is 0.330 e. The van der Waals surface area contributed by atoms with Crippen LogP contribution in [0.1, 0.15) is 77.7 Å². The highest BCUT2D eigenvalue weighted by Crippen LogP contribution is 2.91. The van der Waals surface area contributed by atoms with Crippen molar-refractivity contribution in [1.82, 2.24) is 10.3 Å². The first kappa shape index (κ1) is 18.2. The molecule has 4 heteroatoms. The maximum absolute atomic E-state index is 13.4. The Morgan fingerprint density at radius 2 is 2.04 bits per heavy atom. The molecule has 3 unspecified atom stereocenters. The van der Waals surface area contributed by atoms with E-state index in [4.69, 9.17) is 5.10 Å². The van der Waals surface area contributed by atoms with Crippen LogP contribution in [0.4, 0.5) is 4.79 Å². The molecule has 0 aromatic heterocycles. The van der Waals surface area contributed by atoms with Gasteiger partial charge in [0.2, 0.25) is 0 Å². The molecule has 3 saturated carbocycles. The molecule has 1 heterocycles. The standard InChI is InChI=1S/C24H33N3O/c1-5-6-12-19-20(17-10-8-7-9-11-17)16(2)27(26-19)21(28)25-24-15-18-13-14-22(24,3)23(18,24)4/h7-11,16,18,20H,5-6,12-15H2,1-4H3,(H,25,28)/t16?,18-,20?,22-,23?,24-/m1/s1. The fraction of sp³-hybridized carbons (Fsp3) is 0.667. The minimum atomic E-state index is 0.00947. The molecule has 1 N–H and O–H groups in total. The van der Waals surface area contributed by atoms with Gasteiger partial charge in [0.15, 0.2) is 0 Å². The minimum absolute atomic E-state index is 0.00947. The Bertz CT molecular complexity index is 826. The van der Waals surface area contributed by atoms with Crippen molar-refractivity contribution in [3.8, 4) is 0 Å². The van der Waals surface area contributed by atoms with E-state index in [1.54, 1.807) is 5.01 Å². The summed E-state index contributed by atoms with van der Waals surface area (Å²) in [5.41, 5.74) is 3.05. The third-order valence-corrected chi connectivity index (χ3v) is 9.21. The summed E-state index contributed by atoms with van der Waals surface area (Å²) in [6.45, 7) is 9.14. The molecule has 1 aromatic carbocycles. The van der Waals surface area contributed by atoms with Crippen molar-refractivity contribution in [3.63, 3.8) is 0 Å². The van der Waals surface area contributed by atoms with E-state index >= 15 is 0 Å². The molecular formula is C24H33N3O. The Labute approximate surface area is 168 Å². The number of urea groups is 1. The number of hydrogen-bond acceptors (Lipinski definition) is 2. The molecule has 6 atom stereocenters. The number of rotatable bonds is 5. The van der Waals surface area contributed by atoms with E-state index in [0.717, 1.165) is 37.3 Å². The van der Waals surface area contributed by atoms with E-state index in [1.807, 2.05) is 0 Å². The van der Waals surface area contributed by atoms with Crippen molar-refractivity contribution < 1.29 is 4.79 Å². The van der Waals surface area contributed by atoms with Crippen molar-refractivity contribution in [2.24, 2.45) is 21.8 Å². The second-order valence-corrected chi connectivity index (χ2v) is 9.98. The molecule has 1 aromatic rings. The molecule has 4 nitrogen and oxygen atoms in total. The lowest BCUT2D eigenvalue weighted by Crippen LogP contribution is -2.56. The van der Waals surface area contributed by atoms with Gasteiger partial charge >= 0.3 is 6.03 Å². The van der Waals surface area contributed by atoms with Gasteiger partial charge in [0.05, 0.1) is 11.6 Å². The SMILES string of the molecule is CCCCC1=NN(C(=O)N[C@]23C[C@H]4CC[C@]2(C)C43C)C(C)C1c1ccccc1. The zero-order chi connectivity index (χ0) is 19.7. The van der Waals surface area contributed by atoms with Crippen molar-refractivity contribution >= 4 is 11.7 Å². The maximum Gasteiger partial charge on any atom is 0.338 e. The van der Waals surface area contributed by atoms with Crippen molar-refractivity contribution in [1.29, 1.82) is 0 Å². The summed E-state index contributed by atoms with van der Waals surface area (Å²) in [4.78, 5) is 13.4. The van der Waals surface area contributed by atoms with Crippen LogP contribution < -0.4 is 5.32 Å². The Morgan fingerprint density at radius 1 is 1.29 bits per heavy atom. The molecule has 0 saturated heterocycles. The molecule has 0 spiro atoms. The number of unbranched alkanes of at least 4 members (excludes halogenated alkanes) is 1. The molecule has 4 aliphatic rings. The molecule has 3 aliphatic carbocycles. The van der Waals surface area contributed by atoms with E-state index in [1.165, 1.54) is 18.4 Å². The van der Waals surface area contributed by atoms with Gasteiger partial charge in [-0.05, 0) is 55.9 Å². The van der Waals surface area contributed by atoms with Gasteiger partial charge in [0.25, 0.3) is 0 Å². The van der Waals surface area contributed by atoms with E-state index in [0.29, 0.717) is 5.41 Å². The van der Waals surface area contributed by atoms with Crippen LogP contribution in [0.25, 0.3) is 0 Å². The number of amides is 2. The topological polar surface area (TPSA) is 44.7 Å². The second-order valence-electron chi connectivity index (χ2n) is 9.98. The van der Waals surface area contributed by atoms with Gasteiger partial charge < -0.3 is 5.32 Å². The third-order valence-electron chi connectivity index (χ3n) is 9.21. The molecule has 0 radical (unpaired) electrons. The zero-order valence-corrected chi connectivity index (χ0v) is 17.7. The normalized spacial score (nSPS) is 42.6. The number of carbonyl (C=O) groups excluding carboxylic acids is 1. The van der Waals surface area contributed by atoms with Crippen molar-refractivity contribution in [2.45, 2.75) is 83.7 Å². The van der Waals surface area contributed by atoms with Crippen LogP contribution in [0.15, 0.2) is 35.4 Å². The van der Waals surface area contributed by atoms with Gasteiger partial charge in [-0.3, -0.25) is 0 Å². The molecule has 150 valence electrons. The van der Waals surface area contributed by atoms with E-state index < -0.39 is 0 Å². The number of nitrogens with one attached hydrogen (secondary N) is 1. The van der Waals surface area contributed by atoms with Crippen LogP contribution in [0.2, 0.25) is 0 Å². The van der Waals surface area contributed by atoms with Gasteiger partial charge in [0, 0.05) is 17.0 Å². The summed E-state index contributed by atoms with van der Waals surface area (Å²) < 4.78 is 0. The molecule has 5 rings (SSSR count). The second kappa shape index (κ2) is 5.84. The lowest BCUT2D eigenvalue weighted by molar-refractivity contribution is 0.105. The van der Waals surface area contributed by atoms with E-state index in [9.17, 15) is 4.79 Å². The predicted octanol–water partition coefficient (Wildman–Crippen LogP) is 5.31. The van der Waals surface area contributed by atoms with Crippen LogP contribution >= 0.6 is 0 Å². The summed E-state index contributed by atoms with van der Waals surface area (Å²) in [6.07, 6.45) is 6.96. The average molecular weight is 380 g/mol. The average Bonchev–Trinajstić information content (AvgIpc) is 2.97. The summed E-state index contributed by atoms with van der Waals surface area (Å²) in [7, 11) is 0. The van der Waals surface area contributed by atoms with E-state index in [-0.39, 0.29) is 28.9 Å². The third kappa shape index (κ3) is 1.97. The molecule has 0 bridgehead atoms. The fourth-order valence-corrected chi connectivity index (χ4v) is 7.31. The van der Waals surface area contributed by atoms with Gasteiger partial charge in [0.1, 0.15) is 0 Å². The highest BCUT2D eigenvalue weighted by Gasteiger charge is 2.93. The maximum atomic E-state index is 13.4. The van der Waals surface area contributed by atoms with E-state index in [2.05, 4.69) is 63.3 Å². The lowest BCUT2D eigenvalue weighted by Gasteiger charge is -2.43. The first-order valence-electron chi connectivity index (χ1n) is 11.1. The summed E-state index contributed by atoms with van der Waals surface area (Å²) in [5.74, 6) is 1.00. The van der Waals surface area contributed by atoms with Crippen molar-refractivity contribution in [2.75, 3.05) is 0 Å². The molecular weight excluding hydrogens is 346 g/mol. The van der Waals surface area contributed by atoms with Gasteiger partial charge in [-0.15, -0.1) is 0 Å².